The Morgan fingerprint density at radius 3 is 2.66 bits per heavy atom. The lowest BCUT2D eigenvalue weighted by atomic mass is 9.92. The summed E-state index contributed by atoms with van der Waals surface area (Å²) in [7, 11) is 0. The number of benzene rings is 3. The second kappa shape index (κ2) is 10.8. The monoisotopic (exact) mass is 529 g/mol. The molecule has 1 unspecified atom stereocenters. The summed E-state index contributed by atoms with van der Waals surface area (Å²) in [5.74, 6) is 1.30. The van der Waals surface area contributed by atoms with E-state index in [1.807, 2.05) is 65.7 Å². The van der Waals surface area contributed by atoms with E-state index in [9.17, 15) is 4.79 Å². The SMILES string of the molecule is O=C(Oc1ccccc1)N1CCc2c([nH]c3ccc(Cl)cc23)C1c1ccc(OCCCN2CCN=N2)cc1. The van der Waals surface area contributed by atoms with Crippen LogP contribution in [-0.4, -0.2) is 53.8 Å². The predicted octanol–water partition coefficient (Wildman–Crippen LogP) is 6.42. The minimum Gasteiger partial charge on any atom is -0.494 e. The molecule has 4 aromatic rings. The van der Waals surface area contributed by atoms with Crippen LogP contribution in [0.15, 0.2) is 83.1 Å². The molecule has 0 saturated carbocycles. The molecule has 0 fully saturated rings. The van der Waals surface area contributed by atoms with Gasteiger partial charge in [0.1, 0.15) is 17.5 Å². The molecule has 9 heteroatoms. The molecular weight excluding hydrogens is 502 g/mol. The molecule has 1 amide bonds. The molecule has 0 aliphatic carbocycles. The van der Waals surface area contributed by atoms with Crippen LogP contribution in [-0.2, 0) is 6.42 Å². The number of amides is 1. The highest BCUT2D eigenvalue weighted by Crippen LogP contribution is 2.40. The van der Waals surface area contributed by atoms with E-state index < -0.39 is 0 Å². The van der Waals surface area contributed by atoms with Crippen molar-refractivity contribution in [2.24, 2.45) is 10.3 Å². The van der Waals surface area contributed by atoms with Crippen molar-refractivity contribution in [3.8, 4) is 11.5 Å². The Hall–Kier alpha value is -4.04. The lowest BCUT2D eigenvalue weighted by molar-refractivity contribution is 0.135. The van der Waals surface area contributed by atoms with E-state index in [2.05, 4.69) is 15.3 Å². The molecule has 1 N–H and O–H groups in total. The Morgan fingerprint density at radius 1 is 1.03 bits per heavy atom. The van der Waals surface area contributed by atoms with Crippen LogP contribution in [0.3, 0.4) is 0 Å². The number of hydrogen-bond donors (Lipinski definition) is 1. The molecule has 0 spiro atoms. The lowest BCUT2D eigenvalue weighted by Gasteiger charge is -2.35. The van der Waals surface area contributed by atoms with Gasteiger partial charge in [0.2, 0.25) is 0 Å². The van der Waals surface area contributed by atoms with Crippen molar-refractivity contribution < 1.29 is 14.3 Å². The van der Waals surface area contributed by atoms with Gasteiger partial charge in [-0.2, -0.15) is 5.11 Å². The van der Waals surface area contributed by atoms with Gasteiger partial charge in [0, 0.05) is 41.1 Å². The molecule has 8 nitrogen and oxygen atoms in total. The second-order valence-electron chi connectivity index (χ2n) is 9.41. The standard InChI is InChI=1S/C29H28ClN5O3/c30-21-9-12-26-25(19-21)24-13-16-35(29(36)38-23-5-2-1-3-6-23)28(27(24)32-26)20-7-10-22(11-8-20)37-18-4-15-34-17-14-31-33-34/h1-3,5-12,19,28,32H,4,13-18H2. The number of ether oxygens (including phenoxy) is 2. The fourth-order valence-corrected chi connectivity index (χ4v) is 5.30. The van der Waals surface area contributed by atoms with Crippen molar-refractivity contribution in [3.05, 3.63) is 94.6 Å². The number of fused-ring (bicyclic) bond motifs is 3. The van der Waals surface area contributed by atoms with Gasteiger partial charge in [-0.15, -0.1) is 0 Å². The van der Waals surface area contributed by atoms with Gasteiger partial charge in [0.25, 0.3) is 0 Å². The average Bonchev–Trinajstić information content (AvgIpc) is 3.59. The number of aromatic nitrogens is 1. The summed E-state index contributed by atoms with van der Waals surface area (Å²) < 4.78 is 11.7. The summed E-state index contributed by atoms with van der Waals surface area (Å²) in [5, 5.41) is 11.8. The van der Waals surface area contributed by atoms with Gasteiger partial charge in [-0.25, -0.2) is 4.79 Å². The summed E-state index contributed by atoms with van der Waals surface area (Å²) in [6.45, 7) is 3.59. The highest BCUT2D eigenvalue weighted by molar-refractivity contribution is 6.31. The molecule has 0 radical (unpaired) electrons. The van der Waals surface area contributed by atoms with E-state index in [-0.39, 0.29) is 12.1 Å². The summed E-state index contributed by atoms with van der Waals surface area (Å²) in [6, 6.07) is 22.6. The van der Waals surface area contributed by atoms with Crippen molar-refractivity contribution in [3.63, 3.8) is 0 Å². The maximum atomic E-state index is 13.4. The van der Waals surface area contributed by atoms with Gasteiger partial charge in [-0.05, 0) is 60.0 Å². The zero-order valence-corrected chi connectivity index (χ0v) is 21.6. The molecule has 0 bridgehead atoms. The van der Waals surface area contributed by atoms with E-state index in [1.165, 1.54) is 5.56 Å². The molecule has 2 aliphatic heterocycles. The van der Waals surface area contributed by atoms with Crippen molar-refractivity contribution >= 4 is 28.6 Å². The Kier molecular flexibility index (Phi) is 6.88. The van der Waals surface area contributed by atoms with Crippen LogP contribution < -0.4 is 9.47 Å². The summed E-state index contributed by atoms with van der Waals surface area (Å²) in [5.41, 5.74) is 4.13. The molecule has 3 heterocycles. The number of hydrogen-bond acceptors (Lipinski definition) is 6. The summed E-state index contributed by atoms with van der Waals surface area (Å²) >= 11 is 6.32. The normalized spacial score (nSPS) is 16.6. The zero-order chi connectivity index (χ0) is 25.9. The summed E-state index contributed by atoms with van der Waals surface area (Å²) in [4.78, 5) is 18.8. The molecule has 2 aliphatic rings. The molecule has 0 saturated heterocycles. The number of nitrogens with zero attached hydrogens (tertiary/aromatic N) is 4. The first-order valence-corrected chi connectivity index (χ1v) is 13.2. The van der Waals surface area contributed by atoms with E-state index in [4.69, 9.17) is 21.1 Å². The number of rotatable bonds is 7. The quantitative estimate of drug-likeness (QED) is 0.280. The fourth-order valence-electron chi connectivity index (χ4n) is 5.13. The van der Waals surface area contributed by atoms with Crippen LogP contribution in [0.5, 0.6) is 11.5 Å². The average molecular weight is 530 g/mol. The topological polar surface area (TPSA) is 82.5 Å². The molecule has 1 atom stereocenters. The molecule has 38 heavy (non-hydrogen) atoms. The van der Waals surface area contributed by atoms with Gasteiger partial charge in [-0.1, -0.05) is 47.2 Å². The largest absolute Gasteiger partial charge is 0.494 e. The Balaban J connectivity index is 1.25. The first kappa shape index (κ1) is 24.3. The number of nitrogens with one attached hydrogen (secondary N) is 1. The summed E-state index contributed by atoms with van der Waals surface area (Å²) in [6.07, 6.45) is 1.18. The van der Waals surface area contributed by atoms with E-state index in [0.29, 0.717) is 30.3 Å². The van der Waals surface area contributed by atoms with Gasteiger partial charge >= 0.3 is 6.09 Å². The zero-order valence-electron chi connectivity index (χ0n) is 20.8. The third-order valence-corrected chi connectivity index (χ3v) is 7.18. The third kappa shape index (κ3) is 5.04. The van der Waals surface area contributed by atoms with Crippen molar-refractivity contribution in [2.75, 3.05) is 32.8 Å². The van der Waals surface area contributed by atoms with Crippen molar-refractivity contribution in [1.82, 2.24) is 14.9 Å². The smallest absolute Gasteiger partial charge is 0.416 e. The van der Waals surface area contributed by atoms with E-state index >= 15 is 0 Å². The first-order chi connectivity index (χ1) is 18.7. The number of aromatic amines is 1. The second-order valence-corrected chi connectivity index (χ2v) is 9.85. The van der Waals surface area contributed by atoms with Gasteiger partial charge in [0.05, 0.1) is 19.7 Å². The minimum absolute atomic E-state index is 0.337. The molecular formula is C29H28ClN5O3. The predicted molar refractivity (Wildman–Crippen MR) is 146 cm³/mol. The lowest BCUT2D eigenvalue weighted by Crippen LogP contribution is -2.42. The van der Waals surface area contributed by atoms with Crippen LogP contribution in [0.2, 0.25) is 5.02 Å². The first-order valence-electron chi connectivity index (χ1n) is 12.8. The Morgan fingerprint density at radius 2 is 1.87 bits per heavy atom. The van der Waals surface area contributed by atoms with Crippen LogP contribution in [0.1, 0.15) is 29.3 Å². The third-order valence-electron chi connectivity index (χ3n) is 6.94. The number of para-hydroxylation sites is 1. The van der Waals surface area contributed by atoms with Crippen LogP contribution in [0.4, 0.5) is 4.79 Å². The van der Waals surface area contributed by atoms with Gasteiger partial charge < -0.3 is 14.5 Å². The van der Waals surface area contributed by atoms with Crippen LogP contribution in [0.25, 0.3) is 10.9 Å². The van der Waals surface area contributed by atoms with Gasteiger partial charge in [-0.3, -0.25) is 9.91 Å². The fraction of sp³-hybridized carbons (Fsp3) is 0.276. The number of halogens is 1. The van der Waals surface area contributed by atoms with Crippen LogP contribution >= 0.6 is 11.6 Å². The molecule has 6 rings (SSSR count). The highest BCUT2D eigenvalue weighted by Gasteiger charge is 2.35. The van der Waals surface area contributed by atoms with Gasteiger partial charge in [0.15, 0.2) is 0 Å². The molecule has 3 aromatic carbocycles. The van der Waals surface area contributed by atoms with Crippen molar-refractivity contribution in [1.29, 1.82) is 0 Å². The maximum Gasteiger partial charge on any atom is 0.416 e. The number of H-pyrrole nitrogens is 1. The minimum atomic E-state index is -0.386. The van der Waals surface area contributed by atoms with E-state index in [1.54, 1.807) is 17.0 Å². The molecule has 194 valence electrons. The number of carbonyl (C=O) groups is 1. The maximum absolute atomic E-state index is 13.4. The van der Waals surface area contributed by atoms with Crippen molar-refractivity contribution in [2.45, 2.75) is 18.9 Å². The Bertz CT molecular complexity index is 1450. The highest BCUT2D eigenvalue weighted by atomic mass is 35.5. The molecule has 1 aromatic heterocycles. The Labute approximate surface area is 225 Å². The van der Waals surface area contributed by atoms with Crippen LogP contribution in [0, 0.1) is 0 Å². The number of carbonyl (C=O) groups excluding carboxylic acids is 1. The van der Waals surface area contributed by atoms with E-state index in [0.717, 1.165) is 54.0 Å².